The lowest BCUT2D eigenvalue weighted by atomic mass is 9.96. The molecule has 0 radical (unpaired) electrons. The van der Waals surface area contributed by atoms with Crippen LogP contribution in [0.5, 0.6) is 0 Å². The van der Waals surface area contributed by atoms with Crippen LogP contribution in [0.2, 0.25) is 0 Å². The molecule has 1 heterocycles. The minimum Gasteiger partial charge on any atom is -0.313 e. The van der Waals surface area contributed by atoms with Gasteiger partial charge in [0.05, 0.1) is 0 Å². The number of rotatable bonds is 8. The smallest absolute Gasteiger partial charge is 0.0246 e. The van der Waals surface area contributed by atoms with E-state index in [-0.39, 0.29) is 0 Å². The summed E-state index contributed by atoms with van der Waals surface area (Å²) >= 11 is 0. The molecule has 0 saturated carbocycles. The minimum atomic E-state index is 0.664. The fourth-order valence-electron chi connectivity index (χ4n) is 2.93. The van der Waals surface area contributed by atoms with Crippen molar-refractivity contribution in [1.82, 2.24) is 10.2 Å². The van der Waals surface area contributed by atoms with Crippen molar-refractivity contribution in [2.45, 2.75) is 77.8 Å². The topological polar surface area (TPSA) is 15.3 Å². The van der Waals surface area contributed by atoms with Crippen molar-refractivity contribution >= 4 is 0 Å². The first-order valence-corrected chi connectivity index (χ1v) is 7.77. The van der Waals surface area contributed by atoms with Gasteiger partial charge in [0, 0.05) is 12.1 Å². The molecule has 0 aliphatic carbocycles. The predicted octanol–water partition coefficient (Wildman–Crippen LogP) is 3.42. The van der Waals surface area contributed by atoms with Crippen molar-refractivity contribution in [2.75, 3.05) is 19.6 Å². The van der Waals surface area contributed by atoms with Crippen LogP contribution in [0.25, 0.3) is 0 Å². The predicted molar refractivity (Wildman–Crippen MR) is 76.5 cm³/mol. The summed E-state index contributed by atoms with van der Waals surface area (Å²) in [5.41, 5.74) is 0. The molecule has 1 saturated heterocycles. The maximum Gasteiger partial charge on any atom is 0.0246 e. The third kappa shape index (κ3) is 5.39. The Hall–Kier alpha value is -0.0800. The fraction of sp³-hybridized carbons (Fsp3) is 1.00. The average Bonchev–Trinajstić information content (AvgIpc) is 2.37. The molecule has 2 heteroatoms. The van der Waals surface area contributed by atoms with Crippen molar-refractivity contribution in [3.8, 4) is 0 Å². The van der Waals surface area contributed by atoms with Crippen molar-refractivity contribution in [2.24, 2.45) is 0 Å². The molecule has 1 aliphatic heterocycles. The highest BCUT2D eigenvalue weighted by molar-refractivity contribution is 4.84. The van der Waals surface area contributed by atoms with Crippen LogP contribution in [0.1, 0.15) is 65.7 Å². The van der Waals surface area contributed by atoms with Crippen molar-refractivity contribution < 1.29 is 0 Å². The fourth-order valence-corrected chi connectivity index (χ4v) is 2.93. The zero-order valence-corrected chi connectivity index (χ0v) is 12.2. The standard InChI is InChI=1S/C15H32N2/c1-4-6-8-12-17-13-9-7-10-15(17)14(3)16-11-5-2/h14-16H,4-13H2,1-3H3. The summed E-state index contributed by atoms with van der Waals surface area (Å²) in [6.45, 7) is 10.7. The largest absolute Gasteiger partial charge is 0.313 e. The number of likely N-dealkylation sites (tertiary alicyclic amines) is 1. The first-order chi connectivity index (χ1) is 8.29. The second-order valence-corrected chi connectivity index (χ2v) is 5.55. The Kier molecular flexibility index (Phi) is 7.87. The molecule has 0 bridgehead atoms. The molecule has 1 rings (SSSR count). The lowest BCUT2D eigenvalue weighted by Gasteiger charge is -2.39. The quantitative estimate of drug-likeness (QED) is 0.654. The van der Waals surface area contributed by atoms with E-state index in [1.165, 1.54) is 64.6 Å². The Morgan fingerprint density at radius 2 is 2.00 bits per heavy atom. The summed E-state index contributed by atoms with van der Waals surface area (Å²) in [7, 11) is 0. The van der Waals surface area contributed by atoms with E-state index in [0.717, 1.165) is 6.04 Å². The van der Waals surface area contributed by atoms with Gasteiger partial charge in [-0.3, -0.25) is 4.90 Å². The molecule has 2 atom stereocenters. The highest BCUT2D eigenvalue weighted by atomic mass is 15.2. The van der Waals surface area contributed by atoms with Crippen molar-refractivity contribution in [1.29, 1.82) is 0 Å². The van der Waals surface area contributed by atoms with Gasteiger partial charge in [0.1, 0.15) is 0 Å². The summed E-state index contributed by atoms with van der Waals surface area (Å²) in [6.07, 6.45) is 9.57. The number of piperidine rings is 1. The number of nitrogens with zero attached hydrogens (tertiary/aromatic N) is 1. The van der Waals surface area contributed by atoms with E-state index < -0.39 is 0 Å². The average molecular weight is 240 g/mol. The molecule has 2 nitrogen and oxygen atoms in total. The van der Waals surface area contributed by atoms with Gasteiger partial charge in [-0.2, -0.15) is 0 Å². The van der Waals surface area contributed by atoms with Gasteiger partial charge in [-0.05, 0) is 52.2 Å². The number of hydrogen-bond acceptors (Lipinski definition) is 2. The van der Waals surface area contributed by atoms with Crippen LogP contribution in [0.4, 0.5) is 0 Å². The molecule has 2 unspecified atom stereocenters. The molecule has 102 valence electrons. The summed E-state index contributed by atoms with van der Waals surface area (Å²) in [4.78, 5) is 2.74. The Balaban J connectivity index is 2.35. The summed E-state index contributed by atoms with van der Waals surface area (Å²) < 4.78 is 0. The zero-order chi connectivity index (χ0) is 12.5. The highest BCUT2D eigenvalue weighted by Gasteiger charge is 2.26. The van der Waals surface area contributed by atoms with Gasteiger partial charge < -0.3 is 5.32 Å². The molecule has 1 fully saturated rings. The van der Waals surface area contributed by atoms with Crippen LogP contribution in [0, 0.1) is 0 Å². The molecule has 17 heavy (non-hydrogen) atoms. The van der Waals surface area contributed by atoms with Gasteiger partial charge in [0.15, 0.2) is 0 Å². The van der Waals surface area contributed by atoms with E-state index in [1.54, 1.807) is 0 Å². The van der Waals surface area contributed by atoms with E-state index in [0.29, 0.717) is 6.04 Å². The summed E-state index contributed by atoms with van der Waals surface area (Å²) in [5.74, 6) is 0. The SMILES string of the molecule is CCCCCN1CCCCC1C(C)NCCC. The van der Waals surface area contributed by atoms with Crippen LogP contribution < -0.4 is 5.32 Å². The van der Waals surface area contributed by atoms with Crippen LogP contribution in [-0.2, 0) is 0 Å². The van der Waals surface area contributed by atoms with E-state index in [4.69, 9.17) is 0 Å². The zero-order valence-electron chi connectivity index (χ0n) is 12.2. The van der Waals surface area contributed by atoms with Crippen LogP contribution in [0.15, 0.2) is 0 Å². The first kappa shape index (κ1) is 15.0. The van der Waals surface area contributed by atoms with E-state index >= 15 is 0 Å². The molecule has 0 aromatic heterocycles. The normalized spacial score (nSPS) is 23.8. The van der Waals surface area contributed by atoms with Crippen molar-refractivity contribution in [3.63, 3.8) is 0 Å². The second-order valence-electron chi connectivity index (χ2n) is 5.55. The Morgan fingerprint density at radius 3 is 2.71 bits per heavy atom. The van der Waals surface area contributed by atoms with Gasteiger partial charge in [-0.1, -0.05) is 33.1 Å². The molecule has 1 N–H and O–H groups in total. The monoisotopic (exact) mass is 240 g/mol. The lowest BCUT2D eigenvalue weighted by molar-refractivity contribution is 0.117. The lowest BCUT2D eigenvalue weighted by Crippen LogP contribution is -2.51. The van der Waals surface area contributed by atoms with Gasteiger partial charge >= 0.3 is 0 Å². The molecular formula is C15H32N2. The number of hydrogen-bond donors (Lipinski definition) is 1. The van der Waals surface area contributed by atoms with Gasteiger partial charge in [0.25, 0.3) is 0 Å². The van der Waals surface area contributed by atoms with E-state index in [1.807, 2.05) is 0 Å². The molecular weight excluding hydrogens is 208 g/mol. The molecule has 0 spiro atoms. The Labute approximate surface area is 108 Å². The van der Waals surface area contributed by atoms with E-state index in [9.17, 15) is 0 Å². The second kappa shape index (κ2) is 8.93. The molecule has 0 amide bonds. The maximum absolute atomic E-state index is 3.68. The Morgan fingerprint density at radius 1 is 1.18 bits per heavy atom. The number of unbranched alkanes of at least 4 members (excludes halogenated alkanes) is 2. The van der Waals surface area contributed by atoms with Crippen LogP contribution in [0.3, 0.4) is 0 Å². The first-order valence-electron chi connectivity index (χ1n) is 7.77. The maximum atomic E-state index is 3.68. The molecule has 0 aromatic rings. The van der Waals surface area contributed by atoms with Gasteiger partial charge in [-0.15, -0.1) is 0 Å². The third-order valence-corrected chi connectivity index (χ3v) is 4.01. The third-order valence-electron chi connectivity index (χ3n) is 4.01. The van der Waals surface area contributed by atoms with Crippen LogP contribution in [-0.4, -0.2) is 36.6 Å². The minimum absolute atomic E-state index is 0.664. The number of nitrogens with one attached hydrogen (secondary N) is 1. The Bertz CT molecular complexity index is 182. The van der Waals surface area contributed by atoms with Gasteiger partial charge in [-0.25, -0.2) is 0 Å². The summed E-state index contributed by atoms with van der Waals surface area (Å²) in [5, 5.41) is 3.68. The van der Waals surface area contributed by atoms with Crippen LogP contribution >= 0.6 is 0 Å². The van der Waals surface area contributed by atoms with Gasteiger partial charge in [0.2, 0.25) is 0 Å². The molecule has 1 aliphatic rings. The summed E-state index contributed by atoms with van der Waals surface area (Å²) in [6, 6.07) is 1.45. The molecule has 0 aromatic carbocycles. The highest BCUT2D eigenvalue weighted by Crippen LogP contribution is 2.20. The van der Waals surface area contributed by atoms with E-state index in [2.05, 4.69) is 31.0 Å². The van der Waals surface area contributed by atoms with Crippen molar-refractivity contribution in [3.05, 3.63) is 0 Å².